The van der Waals surface area contributed by atoms with Crippen molar-refractivity contribution in [3.8, 4) is 5.75 Å². The Bertz CT molecular complexity index is 1220. The number of sulfonamides is 1. The first kappa shape index (κ1) is 24.6. The summed E-state index contributed by atoms with van der Waals surface area (Å²) in [5.41, 5.74) is 2.11. The molecule has 0 fully saturated rings. The highest BCUT2D eigenvalue weighted by molar-refractivity contribution is 7.92. The van der Waals surface area contributed by atoms with E-state index < -0.39 is 22.5 Å². The highest BCUT2D eigenvalue weighted by Gasteiger charge is 2.29. The molecule has 0 saturated carbocycles. The van der Waals surface area contributed by atoms with Gasteiger partial charge in [0.05, 0.1) is 28.8 Å². The van der Waals surface area contributed by atoms with Crippen molar-refractivity contribution in [3.63, 3.8) is 0 Å². The highest BCUT2D eigenvalue weighted by Crippen LogP contribution is 2.30. The van der Waals surface area contributed by atoms with Crippen LogP contribution in [0.15, 0.2) is 77.7 Å². The van der Waals surface area contributed by atoms with E-state index in [0.717, 1.165) is 21.2 Å². The second-order valence-corrected chi connectivity index (χ2v) is 9.80. The lowest BCUT2D eigenvalue weighted by molar-refractivity contribution is -0.120. The SMILES string of the molecule is CC[C@@H](NC(=O)CN(c1ccccc1Cl)S(=O)(=O)c1ccccc1)c1ccc(OC)c(C)c1. The average Bonchev–Trinajstić information content (AvgIpc) is 2.82. The number of nitrogens with one attached hydrogen (secondary N) is 1. The van der Waals surface area contributed by atoms with Crippen LogP contribution in [0.1, 0.15) is 30.5 Å². The van der Waals surface area contributed by atoms with Crippen LogP contribution in [0, 0.1) is 6.92 Å². The Balaban J connectivity index is 1.90. The number of aryl methyl sites for hydroxylation is 1. The van der Waals surface area contributed by atoms with Gasteiger partial charge in [0.25, 0.3) is 10.0 Å². The number of para-hydroxylation sites is 1. The van der Waals surface area contributed by atoms with Crippen molar-refractivity contribution in [2.75, 3.05) is 18.0 Å². The van der Waals surface area contributed by atoms with Crippen LogP contribution in [-0.4, -0.2) is 28.0 Å². The Labute approximate surface area is 200 Å². The number of hydrogen-bond donors (Lipinski definition) is 1. The lowest BCUT2D eigenvalue weighted by Crippen LogP contribution is -2.42. The lowest BCUT2D eigenvalue weighted by Gasteiger charge is -2.26. The van der Waals surface area contributed by atoms with Gasteiger partial charge in [0.15, 0.2) is 0 Å². The molecule has 0 saturated heterocycles. The van der Waals surface area contributed by atoms with Crippen LogP contribution in [0.25, 0.3) is 0 Å². The van der Waals surface area contributed by atoms with Gasteiger partial charge in [-0.15, -0.1) is 0 Å². The second kappa shape index (κ2) is 10.7. The van der Waals surface area contributed by atoms with Gasteiger partial charge in [-0.1, -0.05) is 61.0 Å². The number of halogens is 1. The van der Waals surface area contributed by atoms with Crippen molar-refractivity contribution >= 4 is 33.2 Å². The minimum atomic E-state index is -4.02. The monoisotopic (exact) mass is 486 g/mol. The first-order chi connectivity index (χ1) is 15.8. The molecule has 1 N–H and O–H groups in total. The Morgan fingerprint density at radius 3 is 2.33 bits per heavy atom. The van der Waals surface area contributed by atoms with Gasteiger partial charge in [-0.05, 0) is 54.8 Å². The fourth-order valence-electron chi connectivity index (χ4n) is 3.58. The quantitative estimate of drug-likeness (QED) is 0.455. The summed E-state index contributed by atoms with van der Waals surface area (Å²) in [5, 5.41) is 3.20. The molecule has 33 heavy (non-hydrogen) atoms. The molecule has 0 aliphatic carbocycles. The molecule has 3 aromatic carbocycles. The van der Waals surface area contributed by atoms with Crippen molar-refractivity contribution in [2.24, 2.45) is 0 Å². The first-order valence-corrected chi connectivity index (χ1v) is 12.4. The van der Waals surface area contributed by atoms with Crippen molar-refractivity contribution in [1.29, 1.82) is 0 Å². The molecule has 0 spiro atoms. The number of ether oxygens (including phenoxy) is 1. The number of amides is 1. The number of nitrogens with zero attached hydrogens (tertiary/aromatic N) is 1. The fourth-order valence-corrected chi connectivity index (χ4v) is 5.33. The predicted molar refractivity (Wildman–Crippen MR) is 131 cm³/mol. The number of methoxy groups -OCH3 is 1. The van der Waals surface area contributed by atoms with E-state index in [2.05, 4.69) is 5.32 Å². The van der Waals surface area contributed by atoms with Gasteiger partial charge < -0.3 is 10.1 Å². The average molecular weight is 487 g/mol. The summed E-state index contributed by atoms with van der Waals surface area (Å²) in [6.07, 6.45) is 0.634. The zero-order valence-electron chi connectivity index (χ0n) is 18.8. The van der Waals surface area contributed by atoms with Crippen LogP contribution in [0.2, 0.25) is 5.02 Å². The van der Waals surface area contributed by atoms with Crippen LogP contribution in [-0.2, 0) is 14.8 Å². The molecule has 3 aromatic rings. The van der Waals surface area contributed by atoms with Crippen LogP contribution >= 0.6 is 11.6 Å². The Hall–Kier alpha value is -3.03. The standard InChI is InChI=1S/C25H27ClN2O4S/c1-4-22(19-14-15-24(32-3)18(2)16-19)27-25(29)17-28(23-13-9-8-12-21(23)26)33(30,31)20-10-6-5-7-11-20/h5-16,22H,4,17H2,1-3H3,(H,27,29)/t22-/m1/s1. The normalized spacial score (nSPS) is 12.1. The molecule has 0 aliphatic rings. The highest BCUT2D eigenvalue weighted by atomic mass is 35.5. The third kappa shape index (κ3) is 5.67. The summed E-state index contributed by atoms with van der Waals surface area (Å²) in [6.45, 7) is 3.48. The minimum absolute atomic E-state index is 0.0792. The van der Waals surface area contributed by atoms with Gasteiger partial charge in [0.2, 0.25) is 5.91 Å². The zero-order valence-corrected chi connectivity index (χ0v) is 20.4. The predicted octanol–water partition coefficient (Wildman–Crippen LogP) is 5.12. The summed E-state index contributed by atoms with van der Waals surface area (Å²) in [4.78, 5) is 13.2. The fraction of sp³-hybridized carbons (Fsp3) is 0.240. The van der Waals surface area contributed by atoms with Crippen LogP contribution < -0.4 is 14.4 Å². The van der Waals surface area contributed by atoms with E-state index in [1.165, 1.54) is 12.1 Å². The Kier molecular flexibility index (Phi) is 8.00. The van der Waals surface area contributed by atoms with E-state index in [0.29, 0.717) is 6.42 Å². The molecule has 0 bridgehead atoms. The van der Waals surface area contributed by atoms with Crippen molar-refractivity contribution in [3.05, 3.63) is 88.9 Å². The van der Waals surface area contributed by atoms with Crippen molar-refractivity contribution in [2.45, 2.75) is 31.2 Å². The summed E-state index contributed by atoms with van der Waals surface area (Å²) >= 11 is 6.32. The molecular formula is C25H27ClN2O4S. The summed E-state index contributed by atoms with van der Waals surface area (Å²) in [7, 11) is -2.41. The molecule has 0 unspecified atom stereocenters. The maximum absolute atomic E-state index is 13.4. The minimum Gasteiger partial charge on any atom is -0.496 e. The van der Waals surface area contributed by atoms with Gasteiger partial charge in [0, 0.05) is 0 Å². The number of hydrogen-bond acceptors (Lipinski definition) is 4. The molecular weight excluding hydrogens is 460 g/mol. The second-order valence-electron chi connectivity index (χ2n) is 7.53. The van der Waals surface area contributed by atoms with Gasteiger partial charge >= 0.3 is 0 Å². The molecule has 174 valence electrons. The van der Waals surface area contributed by atoms with Gasteiger partial charge in [-0.2, -0.15) is 0 Å². The van der Waals surface area contributed by atoms with E-state index >= 15 is 0 Å². The molecule has 6 nitrogen and oxygen atoms in total. The maximum Gasteiger partial charge on any atom is 0.264 e. The van der Waals surface area contributed by atoms with Crippen LogP contribution in [0.5, 0.6) is 5.75 Å². The third-order valence-corrected chi connectivity index (χ3v) is 7.40. The summed E-state index contributed by atoms with van der Waals surface area (Å²) < 4.78 is 33.2. The van der Waals surface area contributed by atoms with Crippen LogP contribution in [0.4, 0.5) is 5.69 Å². The number of rotatable bonds is 9. The Morgan fingerprint density at radius 2 is 1.73 bits per heavy atom. The van der Waals surface area contributed by atoms with E-state index in [1.807, 2.05) is 32.0 Å². The number of anilines is 1. The molecule has 0 aliphatic heterocycles. The lowest BCUT2D eigenvalue weighted by atomic mass is 10.0. The smallest absolute Gasteiger partial charge is 0.264 e. The van der Waals surface area contributed by atoms with Crippen molar-refractivity contribution in [1.82, 2.24) is 5.32 Å². The first-order valence-electron chi connectivity index (χ1n) is 10.5. The van der Waals surface area contributed by atoms with Gasteiger partial charge in [0.1, 0.15) is 12.3 Å². The molecule has 1 atom stereocenters. The molecule has 0 aromatic heterocycles. The van der Waals surface area contributed by atoms with Crippen LogP contribution in [0.3, 0.4) is 0 Å². The zero-order chi connectivity index (χ0) is 24.0. The molecule has 0 radical (unpaired) electrons. The largest absolute Gasteiger partial charge is 0.496 e. The topological polar surface area (TPSA) is 75.7 Å². The molecule has 1 amide bonds. The van der Waals surface area contributed by atoms with E-state index in [9.17, 15) is 13.2 Å². The van der Waals surface area contributed by atoms with E-state index in [1.54, 1.807) is 49.6 Å². The summed E-state index contributed by atoms with van der Waals surface area (Å²) in [5.74, 6) is 0.327. The molecule has 3 rings (SSSR count). The Morgan fingerprint density at radius 1 is 1.06 bits per heavy atom. The van der Waals surface area contributed by atoms with Gasteiger partial charge in [-0.3, -0.25) is 9.10 Å². The maximum atomic E-state index is 13.4. The molecule has 0 heterocycles. The van der Waals surface area contributed by atoms with E-state index in [-0.39, 0.29) is 21.6 Å². The summed E-state index contributed by atoms with van der Waals surface area (Å²) in [6, 6.07) is 20.0. The third-order valence-electron chi connectivity index (χ3n) is 5.30. The molecule has 8 heteroatoms. The van der Waals surface area contributed by atoms with Crippen molar-refractivity contribution < 1.29 is 17.9 Å². The number of carbonyl (C=O) groups is 1. The number of benzene rings is 3. The van der Waals surface area contributed by atoms with Gasteiger partial charge in [-0.25, -0.2) is 8.42 Å². The number of carbonyl (C=O) groups excluding carboxylic acids is 1. The van der Waals surface area contributed by atoms with E-state index in [4.69, 9.17) is 16.3 Å².